The van der Waals surface area contributed by atoms with E-state index < -0.39 is 10.9 Å². The van der Waals surface area contributed by atoms with Crippen LogP contribution in [0.25, 0.3) is 0 Å². The van der Waals surface area contributed by atoms with Crippen LogP contribution in [0.3, 0.4) is 0 Å². The van der Waals surface area contributed by atoms with E-state index in [0.717, 1.165) is 16.8 Å². The van der Waals surface area contributed by atoms with E-state index in [4.69, 9.17) is 0 Å². The molecule has 0 radical (unpaired) electrons. The summed E-state index contributed by atoms with van der Waals surface area (Å²) in [5, 5.41) is 2.77. The van der Waals surface area contributed by atoms with E-state index in [1.165, 1.54) is 0 Å². The molecule has 1 aromatic rings. The molecule has 0 aliphatic carbocycles. The number of rotatable bonds is 2. The Bertz CT molecular complexity index is 515. The Kier molecular flexibility index (Phi) is 2.82. The molecule has 86 valence electrons. The quantitative estimate of drug-likeness (QED) is 0.670. The molecule has 1 heterocycles. The van der Waals surface area contributed by atoms with Gasteiger partial charge in [0.15, 0.2) is 0 Å². The maximum atomic E-state index is 11.3. The van der Waals surface area contributed by atoms with Gasteiger partial charge in [-0.15, -0.1) is 0 Å². The molecule has 0 fully saturated rings. The number of hydrogen-bond acceptors (Lipinski definition) is 3. The van der Waals surface area contributed by atoms with Gasteiger partial charge in [0.05, 0.1) is 5.69 Å². The molecular weight excluding hydrogens is 228 g/mol. The lowest BCUT2D eigenvalue weighted by atomic mass is 9.98. The fraction of sp³-hybridized carbons (Fsp3) is 0.300. The number of amides is 1. The Morgan fingerprint density at radius 3 is 2.75 bits per heavy atom. The molecule has 0 atom stereocenters. The summed E-state index contributed by atoms with van der Waals surface area (Å²) in [5.41, 5.74) is 3.09. The predicted molar refractivity (Wildman–Crippen MR) is 62.1 cm³/mol. The second-order valence-electron chi connectivity index (χ2n) is 3.70. The van der Waals surface area contributed by atoms with Crippen LogP contribution in [0.1, 0.15) is 17.5 Å². The fourth-order valence-electron chi connectivity index (χ4n) is 1.84. The maximum Gasteiger partial charge on any atom is 0.224 e. The summed E-state index contributed by atoms with van der Waals surface area (Å²) >= 11 is 0. The van der Waals surface area contributed by atoms with Gasteiger partial charge in [0.2, 0.25) is 16.8 Å². The smallest absolute Gasteiger partial charge is 0.224 e. The number of hydrogen-bond donors (Lipinski definition) is 3. The summed E-state index contributed by atoms with van der Waals surface area (Å²) in [4.78, 5) is 11.3. The minimum atomic E-state index is -2.68. The Balaban J connectivity index is 2.50. The monoisotopic (exact) mass is 240 g/mol. The Hall–Kier alpha value is -1.56. The minimum absolute atomic E-state index is 0.0285. The van der Waals surface area contributed by atoms with Gasteiger partial charge in [-0.3, -0.25) is 9.52 Å². The molecule has 5 nitrogen and oxygen atoms in total. The molecule has 1 amide bonds. The van der Waals surface area contributed by atoms with Gasteiger partial charge < -0.3 is 5.32 Å². The van der Waals surface area contributed by atoms with Crippen LogP contribution in [0.15, 0.2) is 12.1 Å². The van der Waals surface area contributed by atoms with Crippen LogP contribution in [0.5, 0.6) is 0 Å². The van der Waals surface area contributed by atoms with Gasteiger partial charge in [0.1, 0.15) is 0 Å². The fourth-order valence-corrected chi connectivity index (χ4v) is 2.25. The summed E-state index contributed by atoms with van der Waals surface area (Å²) in [6, 6.07) is 3.50. The lowest BCUT2D eigenvalue weighted by Crippen LogP contribution is -2.21. The van der Waals surface area contributed by atoms with E-state index in [1.54, 1.807) is 12.1 Å². The summed E-state index contributed by atoms with van der Waals surface area (Å²) in [5.74, 6) is -0.0285. The van der Waals surface area contributed by atoms with E-state index >= 15 is 0 Å². The molecule has 0 aromatic heterocycles. The molecule has 0 spiro atoms. The Morgan fingerprint density at radius 1 is 1.31 bits per heavy atom. The second kappa shape index (κ2) is 4.13. The minimum Gasteiger partial charge on any atom is -0.326 e. The molecular formula is C10H12N2O3S. The highest BCUT2D eigenvalue weighted by molar-refractivity contribution is 7.73. The number of nitrogens with one attached hydrogen (secondary N) is 2. The van der Waals surface area contributed by atoms with Crippen LogP contribution < -0.4 is 10.0 Å². The average molecular weight is 240 g/mol. The number of benzene rings is 1. The van der Waals surface area contributed by atoms with E-state index in [9.17, 15) is 13.2 Å². The topological polar surface area (TPSA) is 75.3 Å². The first-order valence-corrected chi connectivity index (χ1v) is 6.09. The van der Waals surface area contributed by atoms with Crippen molar-refractivity contribution in [2.45, 2.75) is 19.8 Å². The van der Waals surface area contributed by atoms with Gasteiger partial charge in [-0.25, -0.2) is 8.42 Å². The zero-order valence-electron chi connectivity index (χ0n) is 8.74. The summed E-state index contributed by atoms with van der Waals surface area (Å²) in [6.07, 6.45) is 0.953. The Morgan fingerprint density at radius 2 is 2.06 bits per heavy atom. The van der Waals surface area contributed by atoms with E-state index in [-0.39, 0.29) is 5.91 Å². The highest BCUT2D eigenvalue weighted by Crippen LogP contribution is 2.32. The largest absolute Gasteiger partial charge is 0.326 e. The van der Waals surface area contributed by atoms with Crippen molar-refractivity contribution in [1.29, 1.82) is 0 Å². The molecule has 6 heteroatoms. The van der Waals surface area contributed by atoms with E-state index in [1.807, 2.05) is 6.92 Å². The third kappa shape index (κ3) is 2.01. The van der Waals surface area contributed by atoms with Gasteiger partial charge in [-0.2, -0.15) is 0 Å². The standard InChI is InChI=1S/C10H12N2O3S/c1-6-2-4-8(12-16(14)15)7-3-5-9(13)11-10(6)7/h2,4,16H,3,5H2,1H3,(H,11,13)(H,12,14,15). The third-order valence-corrected chi connectivity index (χ3v) is 3.02. The molecule has 0 saturated heterocycles. The molecule has 1 aromatic carbocycles. The van der Waals surface area contributed by atoms with E-state index in [2.05, 4.69) is 10.0 Å². The molecule has 0 saturated carbocycles. The summed E-state index contributed by atoms with van der Waals surface area (Å²) < 4.78 is 23.7. The van der Waals surface area contributed by atoms with Crippen molar-refractivity contribution >= 4 is 28.2 Å². The Labute approximate surface area is 94.9 Å². The normalized spacial score (nSPS) is 14.5. The molecule has 1 aliphatic rings. The number of aryl methyl sites for hydroxylation is 1. The van der Waals surface area contributed by atoms with Crippen molar-refractivity contribution in [1.82, 2.24) is 0 Å². The van der Waals surface area contributed by atoms with Gasteiger partial charge >= 0.3 is 0 Å². The van der Waals surface area contributed by atoms with Crippen LogP contribution in [0.4, 0.5) is 11.4 Å². The number of fused-ring (bicyclic) bond motifs is 1. The zero-order valence-corrected chi connectivity index (χ0v) is 9.64. The highest BCUT2D eigenvalue weighted by atomic mass is 32.2. The summed E-state index contributed by atoms with van der Waals surface area (Å²) in [6.45, 7) is 1.88. The van der Waals surface area contributed by atoms with Crippen LogP contribution in [0.2, 0.25) is 0 Å². The first kappa shape index (κ1) is 10.9. The van der Waals surface area contributed by atoms with Crippen molar-refractivity contribution in [2.75, 3.05) is 10.0 Å². The second-order valence-corrected chi connectivity index (χ2v) is 4.44. The van der Waals surface area contributed by atoms with Crippen LogP contribution in [-0.4, -0.2) is 14.3 Å². The van der Waals surface area contributed by atoms with Gasteiger partial charge in [0, 0.05) is 17.7 Å². The lowest BCUT2D eigenvalue weighted by molar-refractivity contribution is -0.116. The third-order valence-electron chi connectivity index (χ3n) is 2.60. The van der Waals surface area contributed by atoms with Crippen LogP contribution >= 0.6 is 0 Å². The first-order chi connectivity index (χ1) is 7.58. The predicted octanol–water partition coefficient (Wildman–Crippen LogP) is 0.818. The maximum absolute atomic E-state index is 11.3. The molecule has 16 heavy (non-hydrogen) atoms. The number of carbonyl (C=O) groups is 1. The zero-order chi connectivity index (χ0) is 11.7. The van der Waals surface area contributed by atoms with Crippen molar-refractivity contribution in [2.24, 2.45) is 0 Å². The van der Waals surface area contributed by atoms with Gasteiger partial charge in [0.25, 0.3) is 0 Å². The SMILES string of the molecule is Cc1ccc(N[SH](=O)=O)c2c1NC(=O)CC2. The van der Waals surface area contributed by atoms with E-state index in [0.29, 0.717) is 18.5 Å². The molecule has 2 rings (SSSR count). The van der Waals surface area contributed by atoms with Crippen LogP contribution in [-0.2, 0) is 22.1 Å². The molecule has 2 N–H and O–H groups in total. The first-order valence-electron chi connectivity index (χ1n) is 4.91. The number of anilines is 2. The van der Waals surface area contributed by atoms with Crippen molar-refractivity contribution in [3.8, 4) is 0 Å². The van der Waals surface area contributed by atoms with Gasteiger partial charge in [-0.05, 0) is 25.0 Å². The molecule has 1 aliphatic heterocycles. The molecule has 0 unspecified atom stereocenters. The number of thiol groups is 1. The summed E-state index contributed by atoms with van der Waals surface area (Å²) in [7, 11) is -2.68. The lowest BCUT2D eigenvalue weighted by Gasteiger charge is -2.21. The van der Waals surface area contributed by atoms with Crippen molar-refractivity contribution in [3.63, 3.8) is 0 Å². The number of carbonyl (C=O) groups excluding carboxylic acids is 1. The van der Waals surface area contributed by atoms with Gasteiger partial charge in [-0.1, -0.05) is 6.07 Å². The van der Waals surface area contributed by atoms with Crippen LogP contribution in [0, 0.1) is 6.92 Å². The van der Waals surface area contributed by atoms with Crippen molar-refractivity contribution in [3.05, 3.63) is 23.3 Å². The molecule has 0 bridgehead atoms. The highest BCUT2D eigenvalue weighted by Gasteiger charge is 2.19. The average Bonchev–Trinajstić information content (AvgIpc) is 2.22. The van der Waals surface area contributed by atoms with Crippen molar-refractivity contribution < 1.29 is 13.2 Å².